The van der Waals surface area contributed by atoms with Gasteiger partial charge in [0.25, 0.3) is 0 Å². The summed E-state index contributed by atoms with van der Waals surface area (Å²) in [5.41, 5.74) is 1.70. The van der Waals surface area contributed by atoms with Crippen LogP contribution in [-0.4, -0.2) is 27.7 Å². The summed E-state index contributed by atoms with van der Waals surface area (Å²) in [5, 5.41) is 3.54. The summed E-state index contributed by atoms with van der Waals surface area (Å²) in [4.78, 5) is 19.4. The molecule has 0 radical (unpaired) electrons. The van der Waals surface area contributed by atoms with Gasteiger partial charge in [0.1, 0.15) is 5.82 Å². The second kappa shape index (κ2) is 6.30. The average Bonchev–Trinajstić information content (AvgIpc) is 2.85. The number of imidazole rings is 1. The fourth-order valence-corrected chi connectivity index (χ4v) is 3.32. The van der Waals surface area contributed by atoms with Crippen molar-refractivity contribution in [2.45, 2.75) is 29.7 Å². The largest absolute Gasteiger partial charge is 0.355 e. The van der Waals surface area contributed by atoms with E-state index in [1.807, 2.05) is 0 Å². The van der Waals surface area contributed by atoms with Crippen molar-refractivity contribution in [1.29, 1.82) is 0 Å². The zero-order chi connectivity index (χ0) is 14.7. The number of aromatic nitrogens is 2. The molecule has 2 aromatic rings. The highest BCUT2D eigenvalue weighted by Gasteiger charge is 2.22. The predicted molar refractivity (Wildman–Crippen MR) is 80.5 cm³/mol. The number of halogens is 1. The molecule has 0 bridgehead atoms. The number of thioether (sulfide) groups is 1. The quantitative estimate of drug-likeness (QED) is 0.916. The zero-order valence-corrected chi connectivity index (χ0v) is 12.3. The number of rotatable bonds is 3. The number of hydrogen-bond acceptors (Lipinski definition) is 3. The van der Waals surface area contributed by atoms with E-state index >= 15 is 0 Å². The number of H-pyrrole nitrogens is 1. The van der Waals surface area contributed by atoms with E-state index in [4.69, 9.17) is 0 Å². The molecule has 1 aliphatic rings. The van der Waals surface area contributed by atoms with Crippen LogP contribution in [0.5, 0.6) is 0 Å². The van der Waals surface area contributed by atoms with E-state index in [9.17, 15) is 9.18 Å². The van der Waals surface area contributed by atoms with E-state index in [0.29, 0.717) is 0 Å². The molecule has 2 heterocycles. The van der Waals surface area contributed by atoms with Crippen LogP contribution in [0, 0.1) is 5.82 Å². The van der Waals surface area contributed by atoms with Gasteiger partial charge in [-0.1, -0.05) is 18.2 Å². The van der Waals surface area contributed by atoms with Gasteiger partial charge in [0, 0.05) is 6.54 Å². The van der Waals surface area contributed by atoms with Gasteiger partial charge in [-0.3, -0.25) is 4.79 Å². The lowest BCUT2D eigenvalue weighted by molar-refractivity contribution is -0.120. The molecule has 110 valence electrons. The molecule has 0 spiro atoms. The van der Waals surface area contributed by atoms with Crippen molar-refractivity contribution in [3.8, 4) is 11.3 Å². The maximum atomic E-state index is 12.9. The molecule has 1 amide bonds. The third-order valence-electron chi connectivity index (χ3n) is 3.45. The molecular weight excluding hydrogens is 289 g/mol. The summed E-state index contributed by atoms with van der Waals surface area (Å²) in [6.07, 6.45) is 4.65. The molecule has 0 aliphatic carbocycles. The highest BCUT2D eigenvalue weighted by Crippen LogP contribution is 2.28. The van der Waals surface area contributed by atoms with Crippen LogP contribution in [0.4, 0.5) is 4.39 Å². The van der Waals surface area contributed by atoms with E-state index in [1.54, 1.807) is 18.3 Å². The van der Waals surface area contributed by atoms with Crippen molar-refractivity contribution < 1.29 is 9.18 Å². The van der Waals surface area contributed by atoms with Gasteiger partial charge >= 0.3 is 0 Å². The summed E-state index contributed by atoms with van der Waals surface area (Å²) >= 11 is 1.45. The maximum Gasteiger partial charge on any atom is 0.233 e. The zero-order valence-electron chi connectivity index (χ0n) is 11.4. The molecule has 1 aromatic heterocycles. The minimum atomic E-state index is -0.261. The SMILES string of the molecule is O=C1NCCCCC1Sc1ncc(-c2ccc(F)cc2)[nH]1. The van der Waals surface area contributed by atoms with Crippen molar-refractivity contribution in [2.24, 2.45) is 0 Å². The van der Waals surface area contributed by atoms with Crippen LogP contribution in [0.3, 0.4) is 0 Å². The number of amides is 1. The van der Waals surface area contributed by atoms with E-state index in [1.165, 1.54) is 23.9 Å². The normalized spacial score (nSPS) is 19.1. The molecule has 1 atom stereocenters. The Morgan fingerprint density at radius 1 is 1.24 bits per heavy atom. The van der Waals surface area contributed by atoms with Crippen LogP contribution in [0.15, 0.2) is 35.6 Å². The first-order valence-corrected chi connectivity index (χ1v) is 7.85. The van der Waals surface area contributed by atoms with Gasteiger partial charge < -0.3 is 10.3 Å². The van der Waals surface area contributed by atoms with Gasteiger partial charge in [0.05, 0.1) is 17.1 Å². The topological polar surface area (TPSA) is 57.8 Å². The van der Waals surface area contributed by atoms with E-state index in [0.717, 1.165) is 42.2 Å². The summed E-state index contributed by atoms with van der Waals surface area (Å²) in [5.74, 6) is -0.180. The van der Waals surface area contributed by atoms with Crippen LogP contribution < -0.4 is 5.32 Å². The average molecular weight is 305 g/mol. The van der Waals surface area contributed by atoms with Gasteiger partial charge in [0.2, 0.25) is 5.91 Å². The smallest absolute Gasteiger partial charge is 0.233 e. The highest BCUT2D eigenvalue weighted by atomic mass is 32.2. The van der Waals surface area contributed by atoms with Crippen LogP contribution in [0.1, 0.15) is 19.3 Å². The Morgan fingerprint density at radius 2 is 2.05 bits per heavy atom. The predicted octanol–water partition coefficient (Wildman–Crippen LogP) is 2.98. The van der Waals surface area contributed by atoms with Crippen LogP contribution in [0.25, 0.3) is 11.3 Å². The fraction of sp³-hybridized carbons (Fsp3) is 0.333. The van der Waals surface area contributed by atoms with Gasteiger partial charge in [-0.25, -0.2) is 9.37 Å². The van der Waals surface area contributed by atoms with E-state index < -0.39 is 0 Å². The van der Waals surface area contributed by atoms with Gasteiger partial charge in [-0.05, 0) is 42.7 Å². The maximum absolute atomic E-state index is 12.9. The van der Waals surface area contributed by atoms with Crippen molar-refractivity contribution in [2.75, 3.05) is 6.54 Å². The number of hydrogen-bond donors (Lipinski definition) is 2. The van der Waals surface area contributed by atoms with Crippen molar-refractivity contribution in [3.05, 3.63) is 36.3 Å². The van der Waals surface area contributed by atoms with Crippen LogP contribution in [-0.2, 0) is 4.79 Å². The number of aromatic amines is 1. The van der Waals surface area contributed by atoms with Crippen molar-refractivity contribution in [1.82, 2.24) is 15.3 Å². The lowest BCUT2D eigenvalue weighted by atomic mass is 10.2. The molecular formula is C15H16FN3OS. The number of nitrogens with one attached hydrogen (secondary N) is 2. The fourth-order valence-electron chi connectivity index (χ4n) is 2.30. The summed E-state index contributed by atoms with van der Waals surface area (Å²) in [6, 6.07) is 6.24. The van der Waals surface area contributed by atoms with Gasteiger partial charge in [-0.15, -0.1) is 0 Å². The third kappa shape index (κ3) is 3.44. The third-order valence-corrected chi connectivity index (χ3v) is 4.61. The molecule has 4 nitrogen and oxygen atoms in total. The lowest BCUT2D eigenvalue weighted by Crippen LogP contribution is -2.30. The second-order valence-electron chi connectivity index (χ2n) is 5.00. The molecule has 2 N–H and O–H groups in total. The molecule has 1 unspecified atom stereocenters. The minimum Gasteiger partial charge on any atom is -0.355 e. The standard InChI is InChI=1S/C15H16FN3OS/c16-11-6-4-10(5-7-11)12-9-18-15(19-12)21-13-3-1-2-8-17-14(13)20/h4-7,9,13H,1-3,8H2,(H,17,20)(H,18,19). The summed E-state index contributed by atoms with van der Waals surface area (Å²) < 4.78 is 12.9. The molecule has 1 saturated heterocycles. The summed E-state index contributed by atoms with van der Waals surface area (Å²) in [7, 11) is 0. The Balaban J connectivity index is 1.72. The molecule has 1 aliphatic heterocycles. The lowest BCUT2D eigenvalue weighted by Gasteiger charge is -2.10. The van der Waals surface area contributed by atoms with Crippen LogP contribution >= 0.6 is 11.8 Å². The Labute approximate surface area is 126 Å². The molecule has 3 rings (SSSR count). The van der Waals surface area contributed by atoms with E-state index in [2.05, 4.69) is 15.3 Å². The molecule has 1 aromatic carbocycles. The monoisotopic (exact) mass is 305 g/mol. The van der Waals surface area contributed by atoms with Crippen molar-refractivity contribution in [3.63, 3.8) is 0 Å². The first kappa shape index (κ1) is 14.1. The van der Waals surface area contributed by atoms with Gasteiger partial charge in [0.15, 0.2) is 5.16 Å². The van der Waals surface area contributed by atoms with E-state index in [-0.39, 0.29) is 17.0 Å². The molecule has 0 saturated carbocycles. The van der Waals surface area contributed by atoms with Crippen LogP contribution in [0.2, 0.25) is 0 Å². The minimum absolute atomic E-state index is 0.0808. The number of carbonyl (C=O) groups excluding carboxylic acids is 1. The Kier molecular flexibility index (Phi) is 4.24. The first-order valence-electron chi connectivity index (χ1n) is 6.98. The number of carbonyl (C=O) groups is 1. The molecule has 21 heavy (non-hydrogen) atoms. The number of benzene rings is 1. The Hall–Kier alpha value is -1.82. The van der Waals surface area contributed by atoms with Crippen molar-refractivity contribution >= 4 is 17.7 Å². The second-order valence-corrected chi connectivity index (χ2v) is 6.19. The first-order chi connectivity index (χ1) is 10.2. The number of nitrogens with zero attached hydrogens (tertiary/aromatic N) is 1. The summed E-state index contributed by atoms with van der Waals surface area (Å²) in [6.45, 7) is 0.759. The Bertz CT molecular complexity index is 626. The Morgan fingerprint density at radius 3 is 2.86 bits per heavy atom. The molecule has 1 fully saturated rings. The highest BCUT2D eigenvalue weighted by molar-refractivity contribution is 8.00. The molecule has 6 heteroatoms. The van der Waals surface area contributed by atoms with Gasteiger partial charge in [-0.2, -0.15) is 0 Å².